The van der Waals surface area contributed by atoms with E-state index in [-0.39, 0.29) is 0.511 Å². The third-order valence-corrected chi connectivity index (χ3v) is 2.17. The molecule has 1 N–H and O–H groups in total. The van der Waals surface area contributed by atoms with E-state index in [4.69, 9.17) is 4.55 Å². The van der Waals surface area contributed by atoms with Crippen LogP contribution >= 0.6 is 0 Å². The standard InChI is InChI=1S/CH3O3S.Yb/c1-5(2,3)4;/h1H2,(H,2,3,4);. The molecule has 0 atom stereocenters. The normalized spacial score (nSPS) is 11.8. The molecule has 0 amide bonds. The summed E-state index contributed by atoms with van der Waals surface area (Å²) in [6.07, 6.45) is 0. The molecule has 0 aromatic heterocycles. The molecule has 0 saturated carbocycles. The van der Waals surface area contributed by atoms with Gasteiger partial charge in [0.05, 0.1) is 0 Å². The molecule has 3 nitrogen and oxygen atoms in total. The van der Waals surface area contributed by atoms with Gasteiger partial charge in [0.15, 0.2) is 0 Å². The van der Waals surface area contributed by atoms with Crippen molar-refractivity contribution in [3.63, 3.8) is 0 Å². The van der Waals surface area contributed by atoms with Crippen LogP contribution in [0.3, 0.4) is 0 Å². The molecule has 0 radical (unpaired) electrons. The molecule has 0 aromatic rings. The Morgan fingerprint density at radius 2 is 1.83 bits per heavy atom. The predicted molar refractivity (Wildman–Crippen MR) is 16.4 cm³/mol. The maximum absolute atomic E-state index is 9.52. The van der Waals surface area contributed by atoms with Crippen LogP contribution in [-0.4, -0.2) is 13.5 Å². The second-order valence-corrected chi connectivity index (χ2v) is 3.46. The molecule has 6 heavy (non-hydrogen) atoms. The zero-order chi connectivity index (χ0) is 5.21. The first-order valence-corrected chi connectivity index (χ1v) is 3.82. The van der Waals surface area contributed by atoms with Gasteiger partial charge in [0.1, 0.15) is 0 Å². The van der Waals surface area contributed by atoms with Gasteiger partial charge in [-0.05, 0) is 0 Å². The summed E-state index contributed by atoms with van der Waals surface area (Å²) in [7, 11) is -3.72. The fourth-order valence-corrected chi connectivity index (χ4v) is 0. The molecule has 0 aliphatic rings. The molecule has 0 saturated heterocycles. The predicted octanol–water partition coefficient (Wildman–Crippen LogP) is -0.619. The molecule has 0 spiro atoms. The summed E-state index contributed by atoms with van der Waals surface area (Å²) in [6.45, 7) is 0. The van der Waals surface area contributed by atoms with E-state index in [0.717, 1.165) is 0 Å². The Labute approximate surface area is 67.1 Å². The van der Waals surface area contributed by atoms with Gasteiger partial charge in [-0.25, -0.2) is 0 Å². The van der Waals surface area contributed by atoms with Crippen LogP contribution in [0.25, 0.3) is 0 Å². The first-order chi connectivity index (χ1) is 2.56. The van der Waals surface area contributed by atoms with E-state index < -0.39 is 10.1 Å². The summed E-state index contributed by atoms with van der Waals surface area (Å²) >= 11 is 2.23. The van der Waals surface area contributed by atoms with Crippen LogP contribution in [0.4, 0.5) is 0 Å². The molecule has 0 unspecified atom stereocenters. The Hall–Kier alpha value is 1.43. The van der Waals surface area contributed by atoms with Gasteiger partial charge in [-0.15, -0.1) is 0 Å². The Balaban J connectivity index is 3.85. The third kappa shape index (κ3) is 5.43. The van der Waals surface area contributed by atoms with Crippen molar-refractivity contribution in [3.8, 4) is 0 Å². The van der Waals surface area contributed by atoms with Crippen LogP contribution in [0.1, 0.15) is 0 Å². The number of hydrogen-bond acceptors (Lipinski definition) is 2. The number of hydrogen-bond donors (Lipinski definition) is 1. The summed E-state index contributed by atoms with van der Waals surface area (Å²) in [4.78, 5) is 0. The van der Waals surface area contributed by atoms with Gasteiger partial charge in [-0.3, -0.25) is 0 Å². The minimum atomic E-state index is -3.72. The van der Waals surface area contributed by atoms with Crippen LogP contribution in [0.15, 0.2) is 0 Å². The van der Waals surface area contributed by atoms with E-state index in [1.807, 2.05) is 0 Å². The Morgan fingerprint density at radius 3 is 1.83 bits per heavy atom. The van der Waals surface area contributed by atoms with Crippen molar-refractivity contribution in [1.29, 1.82) is 0 Å². The molecular formula is CH3O3SYb. The zero-order valence-corrected chi connectivity index (χ0v) is 5.18. The van der Waals surface area contributed by atoms with Crippen molar-refractivity contribution in [2.24, 2.45) is 0 Å². The SMILES string of the molecule is O=S(=O)(O)[CH2][Yb]. The van der Waals surface area contributed by atoms with E-state index >= 15 is 0 Å². The van der Waals surface area contributed by atoms with E-state index in [1.54, 1.807) is 0 Å². The molecule has 5 heteroatoms. The molecule has 0 fully saturated rings. The molecule has 0 rings (SSSR count). The van der Waals surface area contributed by atoms with Crippen molar-refractivity contribution in [2.75, 3.05) is 0.511 Å². The van der Waals surface area contributed by atoms with Gasteiger partial charge in [0.2, 0.25) is 0 Å². The summed E-state index contributed by atoms with van der Waals surface area (Å²) in [6, 6.07) is 0. The molecule has 0 aliphatic heterocycles. The average Bonchev–Trinajstić information content (AvgIpc) is 1.35. The van der Waals surface area contributed by atoms with Gasteiger partial charge < -0.3 is 0 Å². The number of rotatable bonds is 1. The zero-order valence-electron chi connectivity index (χ0n) is 2.65. The summed E-state index contributed by atoms with van der Waals surface area (Å²) in [5, 5.41) is 0. The van der Waals surface area contributed by atoms with Crippen molar-refractivity contribution in [3.05, 3.63) is 0 Å². The Morgan fingerprint density at radius 1 is 1.67 bits per heavy atom. The van der Waals surface area contributed by atoms with Crippen molar-refractivity contribution in [1.82, 2.24) is 0 Å². The maximum atomic E-state index is 9.52. The average molecular weight is 268 g/mol. The van der Waals surface area contributed by atoms with E-state index in [1.165, 1.54) is 0 Å². The first kappa shape index (κ1) is 7.43. The first-order valence-electron chi connectivity index (χ1n) is 0.994. The van der Waals surface area contributed by atoms with Gasteiger partial charge in [-0.1, -0.05) is 0 Å². The monoisotopic (exact) mass is 269 g/mol. The van der Waals surface area contributed by atoms with Crippen LogP contribution in [0.2, 0.25) is 0 Å². The second-order valence-electron chi connectivity index (χ2n) is 0.659. The van der Waals surface area contributed by atoms with Gasteiger partial charge in [0, 0.05) is 0 Å². The van der Waals surface area contributed by atoms with Crippen molar-refractivity contribution in [2.45, 2.75) is 0 Å². The minimum absolute atomic E-state index is 0.340. The van der Waals surface area contributed by atoms with E-state index in [9.17, 15) is 8.42 Å². The molecule has 0 heterocycles. The Kier molecular flexibility index (Phi) is 3.30. The molecule has 0 aliphatic carbocycles. The third-order valence-electron chi connectivity index (χ3n) is 0.0975. The summed E-state index contributed by atoms with van der Waals surface area (Å²) in [5.41, 5.74) is 0. The molecule has 0 aromatic carbocycles. The molecule has 0 bridgehead atoms. The van der Waals surface area contributed by atoms with Gasteiger partial charge in [0.25, 0.3) is 0 Å². The van der Waals surface area contributed by atoms with Crippen LogP contribution < -0.4 is 0 Å². The summed E-state index contributed by atoms with van der Waals surface area (Å²) in [5.74, 6) is 0. The van der Waals surface area contributed by atoms with E-state index in [0.29, 0.717) is 0 Å². The van der Waals surface area contributed by atoms with Crippen molar-refractivity contribution >= 4 is 10.1 Å². The van der Waals surface area contributed by atoms with Crippen molar-refractivity contribution < 1.29 is 57.6 Å². The fourth-order valence-electron chi connectivity index (χ4n) is 0. The topological polar surface area (TPSA) is 54.4 Å². The van der Waals surface area contributed by atoms with Crippen LogP contribution in [0.5, 0.6) is 0 Å². The molecular weight excluding hydrogens is 265 g/mol. The second kappa shape index (κ2) is 2.67. The van der Waals surface area contributed by atoms with Gasteiger partial charge in [-0.2, -0.15) is 0 Å². The fraction of sp³-hybridized carbons (Fsp3) is 1.00. The van der Waals surface area contributed by atoms with E-state index in [2.05, 4.69) is 44.6 Å². The summed E-state index contributed by atoms with van der Waals surface area (Å²) < 4.78 is 26.5. The van der Waals surface area contributed by atoms with Crippen LogP contribution in [-0.2, 0) is 10.1 Å². The Bertz CT molecular complexity index is 113. The van der Waals surface area contributed by atoms with Crippen LogP contribution in [0, 0.1) is 44.6 Å². The van der Waals surface area contributed by atoms with Gasteiger partial charge >= 0.3 is 68.2 Å². The quantitative estimate of drug-likeness (QED) is 0.645. The molecule has 45 valence electrons.